The Bertz CT molecular complexity index is 875. The van der Waals surface area contributed by atoms with Crippen molar-refractivity contribution in [3.05, 3.63) is 88.2 Å². The SMILES string of the molecule is Fc1ccc(C2CC(NC(c3ccc(Cl)cc3)c3cn[nH]c3)C2)c(F)c1. The standard InChI is InChI=1S/C20H18ClF2N3/c21-15-3-1-12(2-4-15)20(14-10-24-25-11-14)26-17-7-13(8-17)18-6-5-16(22)9-19(18)23/h1-6,9-11,13,17,20,26H,7-8H2,(H,24,25). The maximum atomic E-state index is 14.0. The van der Waals surface area contributed by atoms with Crippen LogP contribution in [-0.2, 0) is 0 Å². The van der Waals surface area contributed by atoms with E-state index in [9.17, 15) is 8.78 Å². The first kappa shape index (κ1) is 17.2. The number of hydrogen-bond acceptors (Lipinski definition) is 2. The topological polar surface area (TPSA) is 40.7 Å². The zero-order chi connectivity index (χ0) is 18.1. The number of aromatic nitrogens is 2. The summed E-state index contributed by atoms with van der Waals surface area (Å²) >= 11 is 6.00. The third kappa shape index (κ3) is 3.50. The van der Waals surface area contributed by atoms with Crippen LogP contribution in [0.5, 0.6) is 0 Å². The molecule has 1 fully saturated rings. The summed E-state index contributed by atoms with van der Waals surface area (Å²) in [6.07, 6.45) is 5.28. The first-order chi connectivity index (χ1) is 12.6. The van der Waals surface area contributed by atoms with Gasteiger partial charge in [-0.25, -0.2) is 8.78 Å². The van der Waals surface area contributed by atoms with Gasteiger partial charge in [0.05, 0.1) is 12.2 Å². The molecule has 2 aromatic carbocycles. The van der Waals surface area contributed by atoms with E-state index in [-0.39, 0.29) is 18.0 Å². The zero-order valence-electron chi connectivity index (χ0n) is 13.9. The van der Waals surface area contributed by atoms with Crippen LogP contribution in [0.2, 0.25) is 5.02 Å². The molecule has 1 heterocycles. The first-order valence-corrected chi connectivity index (χ1v) is 8.93. The summed E-state index contributed by atoms with van der Waals surface area (Å²) < 4.78 is 27.0. The van der Waals surface area contributed by atoms with Gasteiger partial charge in [0.15, 0.2) is 0 Å². The van der Waals surface area contributed by atoms with Crippen LogP contribution in [0.1, 0.15) is 41.5 Å². The zero-order valence-corrected chi connectivity index (χ0v) is 14.7. The molecular weight excluding hydrogens is 356 g/mol. The Morgan fingerprint density at radius 3 is 2.50 bits per heavy atom. The molecule has 1 unspecified atom stereocenters. The van der Waals surface area contributed by atoms with Gasteiger partial charge in [0.1, 0.15) is 11.6 Å². The molecule has 0 aliphatic heterocycles. The van der Waals surface area contributed by atoms with Gasteiger partial charge in [-0.1, -0.05) is 29.8 Å². The van der Waals surface area contributed by atoms with E-state index in [2.05, 4.69) is 15.5 Å². The monoisotopic (exact) mass is 373 g/mol. The Labute approximate surface area is 155 Å². The molecule has 1 aliphatic rings. The molecule has 0 bridgehead atoms. The lowest BCUT2D eigenvalue weighted by Gasteiger charge is -2.39. The smallest absolute Gasteiger partial charge is 0.129 e. The molecule has 26 heavy (non-hydrogen) atoms. The minimum atomic E-state index is -0.539. The van der Waals surface area contributed by atoms with Crippen molar-refractivity contribution in [2.24, 2.45) is 0 Å². The lowest BCUT2D eigenvalue weighted by atomic mass is 9.75. The van der Waals surface area contributed by atoms with Crippen LogP contribution >= 0.6 is 11.6 Å². The summed E-state index contributed by atoms with van der Waals surface area (Å²) in [6, 6.07) is 11.8. The predicted octanol–water partition coefficient (Wildman–Crippen LogP) is 4.97. The fourth-order valence-electron chi connectivity index (χ4n) is 3.54. The molecule has 0 radical (unpaired) electrons. The quantitative estimate of drug-likeness (QED) is 0.663. The van der Waals surface area contributed by atoms with Crippen LogP contribution in [0.25, 0.3) is 0 Å². The van der Waals surface area contributed by atoms with Crippen LogP contribution in [0.3, 0.4) is 0 Å². The average Bonchev–Trinajstić information content (AvgIpc) is 3.10. The maximum absolute atomic E-state index is 14.0. The highest BCUT2D eigenvalue weighted by molar-refractivity contribution is 6.30. The second-order valence-corrected chi connectivity index (χ2v) is 7.15. The van der Waals surface area contributed by atoms with E-state index in [4.69, 9.17) is 11.6 Å². The fourth-order valence-corrected chi connectivity index (χ4v) is 3.66. The molecule has 0 saturated heterocycles. The van der Waals surface area contributed by atoms with Gasteiger partial charge in [0.25, 0.3) is 0 Å². The highest BCUT2D eigenvalue weighted by atomic mass is 35.5. The Hall–Kier alpha value is -2.24. The second-order valence-electron chi connectivity index (χ2n) is 6.71. The largest absolute Gasteiger partial charge is 0.303 e. The molecular formula is C20H18ClF2N3. The molecule has 134 valence electrons. The summed E-state index contributed by atoms with van der Waals surface area (Å²) in [6.45, 7) is 0. The minimum Gasteiger partial charge on any atom is -0.303 e. The fraction of sp³-hybridized carbons (Fsp3) is 0.250. The molecule has 0 spiro atoms. The Kier molecular flexibility index (Phi) is 4.74. The van der Waals surface area contributed by atoms with Crippen LogP contribution in [0.4, 0.5) is 8.78 Å². The number of halogens is 3. The molecule has 6 heteroatoms. The van der Waals surface area contributed by atoms with Crippen LogP contribution in [-0.4, -0.2) is 16.2 Å². The van der Waals surface area contributed by atoms with E-state index in [1.165, 1.54) is 6.07 Å². The Morgan fingerprint density at radius 2 is 1.85 bits per heavy atom. The summed E-state index contributed by atoms with van der Waals surface area (Å²) in [7, 11) is 0. The van der Waals surface area contributed by atoms with Crippen LogP contribution in [0.15, 0.2) is 54.9 Å². The van der Waals surface area contributed by atoms with Gasteiger partial charge in [-0.15, -0.1) is 0 Å². The predicted molar refractivity (Wildman–Crippen MR) is 97.1 cm³/mol. The van der Waals surface area contributed by atoms with Crippen molar-refractivity contribution < 1.29 is 8.78 Å². The Balaban J connectivity index is 1.47. The van der Waals surface area contributed by atoms with Gasteiger partial charge in [0.2, 0.25) is 0 Å². The van der Waals surface area contributed by atoms with Gasteiger partial charge in [-0.2, -0.15) is 5.10 Å². The number of aromatic amines is 1. The molecule has 3 aromatic rings. The third-order valence-electron chi connectivity index (χ3n) is 5.00. The number of hydrogen-bond donors (Lipinski definition) is 2. The first-order valence-electron chi connectivity index (χ1n) is 8.55. The molecule has 1 saturated carbocycles. The molecule has 2 N–H and O–H groups in total. The summed E-state index contributed by atoms with van der Waals surface area (Å²) in [5, 5.41) is 11.2. The van der Waals surface area contributed by atoms with Crippen molar-refractivity contribution in [2.45, 2.75) is 30.8 Å². The van der Waals surface area contributed by atoms with Gasteiger partial charge in [-0.3, -0.25) is 5.10 Å². The van der Waals surface area contributed by atoms with Crippen molar-refractivity contribution in [1.82, 2.24) is 15.5 Å². The molecule has 4 rings (SSSR count). The average molecular weight is 374 g/mol. The number of nitrogens with one attached hydrogen (secondary N) is 2. The molecule has 1 aliphatic carbocycles. The van der Waals surface area contributed by atoms with Crippen molar-refractivity contribution in [3.63, 3.8) is 0 Å². The van der Waals surface area contributed by atoms with Crippen molar-refractivity contribution >= 4 is 11.6 Å². The summed E-state index contributed by atoms with van der Waals surface area (Å²) in [5.41, 5.74) is 2.71. The van der Waals surface area contributed by atoms with E-state index >= 15 is 0 Å². The summed E-state index contributed by atoms with van der Waals surface area (Å²) in [4.78, 5) is 0. The third-order valence-corrected chi connectivity index (χ3v) is 5.25. The van der Waals surface area contributed by atoms with Gasteiger partial charge in [-0.05, 0) is 48.1 Å². The van der Waals surface area contributed by atoms with Crippen LogP contribution in [0, 0.1) is 11.6 Å². The van der Waals surface area contributed by atoms with Crippen LogP contribution < -0.4 is 5.32 Å². The lowest BCUT2D eigenvalue weighted by Crippen LogP contribution is -2.42. The van der Waals surface area contributed by atoms with E-state index < -0.39 is 11.6 Å². The molecule has 1 atom stereocenters. The normalized spacial score (nSPS) is 20.6. The second kappa shape index (κ2) is 7.17. The number of nitrogens with zero attached hydrogens (tertiary/aromatic N) is 1. The lowest BCUT2D eigenvalue weighted by molar-refractivity contribution is 0.271. The molecule has 0 amide bonds. The van der Waals surface area contributed by atoms with Gasteiger partial charge >= 0.3 is 0 Å². The van der Waals surface area contributed by atoms with E-state index in [0.29, 0.717) is 10.6 Å². The van der Waals surface area contributed by atoms with Crippen molar-refractivity contribution in [3.8, 4) is 0 Å². The summed E-state index contributed by atoms with van der Waals surface area (Å²) in [5.74, 6) is -0.885. The Morgan fingerprint density at radius 1 is 1.08 bits per heavy atom. The van der Waals surface area contributed by atoms with Gasteiger partial charge < -0.3 is 5.32 Å². The highest BCUT2D eigenvalue weighted by Gasteiger charge is 2.34. The maximum Gasteiger partial charge on any atom is 0.129 e. The van der Waals surface area contributed by atoms with Crippen molar-refractivity contribution in [2.75, 3.05) is 0 Å². The van der Waals surface area contributed by atoms with E-state index in [0.717, 1.165) is 30.0 Å². The van der Waals surface area contributed by atoms with Gasteiger partial charge in [0, 0.05) is 28.9 Å². The number of rotatable bonds is 5. The highest BCUT2D eigenvalue weighted by Crippen LogP contribution is 2.40. The molecule has 3 nitrogen and oxygen atoms in total. The van der Waals surface area contributed by atoms with E-state index in [1.54, 1.807) is 12.3 Å². The van der Waals surface area contributed by atoms with E-state index in [1.807, 2.05) is 30.5 Å². The number of H-pyrrole nitrogens is 1. The number of benzene rings is 2. The van der Waals surface area contributed by atoms with Crippen molar-refractivity contribution in [1.29, 1.82) is 0 Å². The molecule has 1 aromatic heterocycles. The minimum absolute atomic E-state index is 0.0185.